The Balaban J connectivity index is 1.01. The summed E-state index contributed by atoms with van der Waals surface area (Å²) >= 11 is 0. The van der Waals surface area contributed by atoms with Gasteiger partial charge in [0.2, 0.25) is 11.8 Å². The number of rotatable bonds is 57. The van der Waals surface area contributed by atoms with Crippen molar-refractivity contribution >= 4 is 11.8 Å². The molecule has 116 heavy (non-hydrogen) atoms. The topological polar surface area (TPSA) is 533 Å². The van der Waals surface area contributed by atoms with E-state index in [0.717, 1.165) is 58.3 Å². The summed E-state index contributed by atoms with van der Waals surface area (Å²) in [5.74, 6) is -1.18. The molecule has 0 spiro atoms. The zero-order valence-corrected chi connectivity index (χ0v) is 68.8. The maximum atomic E-state index is 13.5. The van der Waals surface area contributed by atoms with Crippen LogP contribution in [0.25, 0.3) is 0 Å². The van der Waals surface area contributed by atoms with E-state index < -0.39 is 242 Å². The van der Waals surface area contributed by atoms with E-state index >= 15 is 0 Å². The molecule has 6 heterocycles. The molecule has 6 aliphatic heterocycles. The molecule has 32 atom stereocenters. The second kappa shape index (κ2) is 56.2. The largest absolute Gasteiger partial charge is 0.394 e. The molecule has 20 N–H and O–H groups in total. The summed E-state index contributed by atoms with van der Waals surface area (Å²) < 4.78 is 70.0. The van der Waals surface area contributed by atoms with E-state index in [1.54, 1.807) is 6.08 Å². The Morgan fingerprint density at radius 3 is 1.14 bits per heavy atom. The minimum absolute atomic E-state index is 0.187. The van der Waals surface area contributed by atoms with Gasteiger partial charge in [0.1, 0.15) is 140 Å². The molecule has 0 bridgehead atoms. The number of nitrogens with one attached hydrogen (secondary N) is 2. The monoisotopic (exact) mass is 1670 g/mol. The summed E-state index contributed by atoms with van der Waals surface area (Å²) in [5, 5.41) is 206. The molecular formula is C82H148N2O32. The summed E-state index contributed by atoms with van der Waals surface area (Å²) in [7, 11) is 0. The second-order valence-electron chi connectivity index (χ2n) is 32.4. The normalized spacial score (nSPS) is 36.5. The smallest absolute Gasteiger partial charge is 0.220 e. The van der Waals surface area contributed by atoms with E-state index in [2.05, 4.69) is 36.6 Å². The highest BCUT2D eigenvalue weighted by molar-refractivity contribution is 5.76. The third-order valence-electron chi connectivity index (χ3n) is 23.0. The molecule has 34 nitrogen and oxygen atoms in total. The highest BCUT2D eigenvalue weighted by atomic mass is 16.8. The Bertz CT molecular complexity index is 2640. The molecule has 6 fully saturated rings. The van der Waals surface area contributed by atoms with Crippen molar-refractivity contribution < 1.29 is 158 Å². The van der Waals surface area contributed by atoms with Crippen molar-refractivity contribution in [2.45, 2.75) is 442 Å². The molecule has 6 rings (SSSR count). The first-order valence-corrected chi connectivity index (χ1v) is 43.5. The van der Waals surface area contributed by atoms with Crippen LogP contribution in [0.2, 0.25) is 0 Å². The molecule has 0 saturated carbocycles. The number of amides is 2. The van der Waals surface area contributed by atoms with E-state index in [9.17, 15) is 102 Å². The molecule has 2 amide bonds. The van der Waals surface area contributed by atoms with E-state index in [4.69, 9.17) is 56.8 Å². The number of allylic oxidation sites excluding steroid dienone is 3. The van der Waals surface area contributed by atoms with Crippen LogP contribution in [0.4, 0.5) is 0 Å². The van der Waals surface area contributed by atoms with Crippen LogP contribution < -0.4 is 10.6 Å². The van der Waals surface area contributed by atoms with E-state index in [1.165, 1.54) is 155 Å². The van der Waals surface area contributed by atoms with Crippen molar-refractivity contribution in [3.63, 3.8) is 0 Å². The first-order chi connectivity index (χ1) is 55.9. The van der Waals surface area contributed by atoms with Crippen molar-refractivity contribution in [1.82, 2.24) is 10.6 Å². The molecule has 0 aromatic heterocycles. The van der Waals surface area contributed by atoms with Gasteiger partial charge in [-0.05, 0) is 51.9 Å². The van der Waals surface area contributed by atoms with Gasteiger partial charge < -0.3 is 159 Å². The van der Waals surface area contributed by atoms with Crippen LogP contribution in [0.15, 0.2) is 24.3 Å². The van der Waals surface area contributed by atoms with Gasteiger partial charge in [-0.2, -0.15) is 0 Å². The van der Waals surface area contributed by atoms with Crippen LogP contribution in [-0.4, -0.2) is 340 Å². The molecule has 12 unspecified atom stereocenters. The Morgan fingerprint density at radius 2 is 0.707 bits per heavy atom. The lowest BCUT2D eigenvalue weighted by molar-refractivity contribution is -0.389. The predicted octanol–water partition coefficient (Wildman–Crippen LogP) is 1.36. The maximum Gasteiger partial charge on any atom is 0.220 e. The van der Waals surface area contributed by atoms with Crippen molar-refractivity contribution in [2.24, 2.45) is 0 Å². The van der Waals surface area contributed by atoms with Gasteiger partial charge in [0.15, 0.2) is 37.7 Å². The molecule has 34 heteroatoms. The van der Waals surface area contributed by atoms with Crippen LogP contribution >= 0.6 is 0 Å². The summed E-state index contributed by atoms with van der Waals surface area (Å²) in [4.78, 5) is 26.4. The number of carbonyl (C=O) groups excluding carboxylic acids is 2. The molecule has 0 aromatic rings. The Hall–Kier alpha value is -2.78. The zero-order chi connectivity index (χ0) is 84.6. The second-order valence-corrected chi connectivity index (χ2v) is 32.4. The zero-order valence-electron chi connectivity index (χ0n) is 68.8. The lowest BCUT2D eigenvalue weighted by Gasteiger charge is -2.50. The van der Waals surface area contributed by atoms with Crippen molar-refractivity contribution in [2.75, 3.05) is 39.6 Å². The first-order valence-electron chi connectivity index (χ1n) is 43.5. The van der Waals surface area contributed by atoms with Crippen molar-refractivity contribution in [1.29, 1.82) is 0 Å². The van der Waals surface area contributed by atoms with Crippen LogP contribution in [-0.2, 0) is 66.4 Å². The fourth-order valence-corrected chi connectivity index (χ4v) is 15.8. The van der Waals surface area contributed by atoms with Gasteiger partial charge >= 0.3 is 0 Å². The summed E-state index contributed by atoms with van der Waals surface area (Å²) in [5.41, 5.74) is 0. The highest BCUT2D eigenvalue weighted by Gasteiger charge is 2.58. The Morgan fingerprint density at radius 1 is 0.362 bits per heavy atom. The van der Waals surface area contributed by atoms with Gasteiger partial charge in [0.05, 0.1) is 57.9 Å². The van der Waals surface area contributed by atoms with Gasteiger partial charge in [-0.15, -0.1) is 0 Å². The number of carbonyl (C=O) groups is 2. The molecule has 0 radical (unpaired) electrons. The molecular weight excluding hydrogens is 1520 g/mol. The molecule has 6 saturated heterocycles. The molecule has 0 aliphatic carbocycles. The van der Waals surface area contributed by atoms with Crippen LogP contribution in [0.3, 0.4) is 0 Å². The average molecular weight is 1670 g/mol. The highest BCUT2D eigenvalue weighted by Crippen LogP contribution is 2.38. The number of aliphatic hydroxyl groups is 18. The quantitative estimate of drug-likeness (QED) is 0.0302. The molecule has 6 aliphatic rings. The van der Waals surface area contributed by atoms with E-state index in [1.807, 2.05) is 6.08 Å². The lowest BCUT2D eigenvalue weighted by Crippen LogP contribution is -2.70. The third-order valence-corrected chi connectivity index (χ3v) is 23.0. The van der Waals surface area contributed by atoms with Gasteiger partial charge in [-0.3, -0.25) is 9.59 Å². The predicted molar refractivity (Wildman–Crippen MR) is 418 cm³/mol. The summed E-state index contributed by atoms with van der Waals surface area (Å²) in [6.45, 7) is 1.43. The Kier molecular flexibility index (Phi) is 49.4. The van der Waals surface area contributed by atoms with Gasteiger partial charge in [-0.25, -0.2) is 0 Å². The standard InChI is InChI=1S/C82H148N2O32/c1-5-7-9-11-13-15-17-19-20-21-22-23-24-25-26-27-28-30-32-34-36-38-40-42-58(92)84-51(52(91)41-39-37-35-33-31-29-18-16-14-12-10-8-6-2)48-105-79-67(100)64(97)72(55(45-87)109-79)114-81-69(102)66(99)73(57(47-89)111-81)115-80-68(101)65(98)71(56(46-88)110-80)113-78-59(83-50(4)90)74(61(94)53(43-85)107-78)116-82-70(103)75(62(95)54(44-86)108-82)112-76-63(96)60(93)49(3)106-77(76)104/h19-20,39,41,49,51-57,59-82,85-89,91,93-104H,5-18,21-38,40,42-48H2,1-4H3,(H,83,90)(H,84,92)/b20-19-,41-39+/t49?,51-,52+,53?,54?,55?,56?,57?,59?,60+,61-,62-,63?,64+,65+,66+,67?,68?,69?,70?,71-,72+,73-,74+,75-,76-,77+,78-,79+,80-,81-,82-/m0/s1. The lowest BCUT2D eigenvalue weighted by atomic mass is 9.94. The summed E-state index contributed by atoms with van der Waals surface area (Å²) in [6, 6.07) is -2.82. The molecule has 678 valence electrons. The van der Waals surface area contributed by atoms with Crippen LogP contribution in [0, 0.1) is 0 Å². The van der Waals surface area contributed by atoms with Crippen LogP contribution in [0.1, 0.15) is 246 Å². The Labute approximate surface area is 684 Å². The van der Waals surface area contributed by atoms with Crippen molar-refractivity contribution in [3.05, 3.63) is 24.3 Å². The minimum atomic E-state index is -2.24. The van der Waals surface area contributed by atoms with Crippen LogP contribution in [0.5, 0.6) is 0 Å². The minimum Gasteiger partial charge on any atom is -0.394 e. The number of hydrogen-bond acceptors (Lipinski definition) is 32. The number of hydrogen-bond donors (Lipinski definition) is 20. The molecule has 0 aromatic carbocycles. The SMILES string of the molecule is CCCCCCCC/C=C\CCCCCCCCCCCCCCCC(=O)N[C@@H](CO[C@@H]1OC(CO)[C@@H](O[C@@H]2OC(CO)[C@H](O[C@@H]3OC(CO)[C@H](O[C@@H]4OC(CO)[C@H](O)[C@H](O[C@@H]5OC(CO)[C@H](O)[C@H](O[C@H]6C(O)[C@H](O)C(C)O[C@H]6O)C5O)C4NC(C)=O)[C@H](O)C3O)[C@H](O)C2O)[C@H](O)C1O)[C@H](O)/C=C/CCCCCCCCCCCCC. The fourth-order valence-electron chi connectivity index (χ4n) is 15.8. The summed E-state index contributed by atoms with van der Waals surface area (Å²) in [6.07, 6.45) is -8.68. The first kappa shape index (κ1) is 102. The third kappa shape index (κ3) is 32.4. The van der Waals surface area contributed by atoms with Gasteiger partial charge in [-0.1, -0.05) is 205 Å². The number of aliphatic hydroxyl groups excluding tert-OH is 18. The maximum absolute atomic E-state index is 13.5. The van der Waals surface area contributed by atoms with Gasteiger partial charge in [0, 0.05) is 13.3 Å². The van der Waals surface area contributed by atoms with Crippen molar-refractivity contribution in [3.8, 4) is 0 Å². The number of unbranched alkanes of at least 4 members (excludes halogenated alkanes) is 30. The van der Waals surface area contributed by atoms with Gasteiger partial charge in [0.25, 0.3) is 0 Å². The number of ether oxygens (including phenoxy) is 12. The average Bonchev–Trinajstić information content (AvgIpc) is 0.767. The fraction of sp³-hybridized carbons (Fsp3) is 0.927. The van der Waals surface area contributed by atoms with E-state index in [0.29, 0.717) is 12.8 Å². The van der Waals surface area contributed by atoms with E-state index in [-0.39, 0.29) is 12.3 Å².